The Kier molecular flexibility index (Phi) is 5.87. The topological polar surface area (TPSA) is 58.1 Å². The van der Waals surface area contributed by atoms with Crippen molar-refractivity contribution in [3.63, 3.8) is 0 Å². The van der Waals surface area contributed by atoms with Gasteiger partial charge < -0.3 is 10.2 Å². The minimum Gasteiger partial charge on any atom is -0.355 e. The summed E-state index contributed by atoms with van der Waals surface area (Å²) in [7, 11) is 0. The molecule has 0 atom stereocenters. The molecule has 0 bridgehead atoms. The van der Waals surface area contributed by atoms with E-state index in [1.807, 2.05) is 24.3 Å². The number of rotatable bonds is 5. The van der Waals surface area contributed by atoms with Crippen LogP contribution in [-0.2, 0) is 6.42 Å². The molecule has 0 aliphatic carbocycles. The van der Waals surface area contributed by atoms with Gasteiger partial charge in [0.15, 0.2) is 0 Å². The molecule has 5 nitrogen and oxygen atoms in total. The summed E-state index contributed by atoms with van der Waals surface area (Å²) in [5.41, 5.74) is 1.48. The van der Waals surface area contributed by atoms with E-state index in [1.54, 1.807) is 12.4 Å². The molecular formula is C19H23ClN4O. The minimum atomic E-state index is -0.194. The second kappa shape index (κ2) is 8.30. The van der Waals surface area contributed by atoms with Crippen molar-refractivity contribution in [3.8, 4) is 0 Å². The molecular weight excluding hydrogens is 336 g/mol. The van der Waals surface area contributed by atoms with Crippen molar-refractivity contribution in [2.24, 2.45) is 5.92 Å². The van der Waals surface area contributed by atoms with Crippen molar-refractivity contribution in [1.82, 2.24) is 15.3 Å². The molecule has 1 amide bonds. The molecule has 0 saturated carbocycles. The third-order valence-corrected chi connectivity index (χ3v) is 4.84. The average Bonchev–Trinajstić information content (AvgIpc) is 2.64. The first-order valence-electron chi connectivity index (χ1n) is 8.71. The van der Waals surface area contributed by atoms with E-state index in [-0.39, 0.29) is 5.91 Å². The Morgan fingerprint density at radius 3 is 2.56 bits per heavy atom. The lowest BCUT2D eigenvalue weighted by atomic mass is 9.99. The Morgan fingerprint density at radius 1 is 1.20 bits per heavy atom. The number of hydrogen-bond donors (Lipinski definition) is 1. The van der Waals surface area contributed by atoms with Gasteiger partial charge in [-0.3, -0.25) is 4.79 Å². The van der Waals surface area contributed by atoms with Crippen LogP contribution in [0.4, 0.5) is 5.82 Å². The van der Waals surface area contributed by atoms with Crippen LogP contribution in [0.5, 0.6) is 0 Å². The normalized spacial score (nSPS) is 15.2. The lowest BCUT2D eigenvalue weighted by Gasteiger charge is -2.30. The molecule has 1 aliphatic heterocycles. The summed E-state index contributed by atoms with van der Waals surface area (Å²) in [6.07, 6.45) is 6.36. The van der Waals surface area contributed by atoms with Crippen molar-refractivity contribution < 1.29 is 4.79 Å². The molecule has 0 spiro atoms. The standard InChI is InChI=1S/C19H23ClN4O/c1-14-7-10-24(11-8-14)18-13-22-17(12-23-18)19(25)21-9-6-15-2-4-16(20)5-3-15/h2-5,12-14H,6-11H2,1H3,(H,21,25). The summed E-state index contributed by atoms with van der Waals surface area (Å²) >= 11 is 5.86. The van der Waals surface area contributed by atoms with Crippen LogP contribution >= 0.6 is 11.6 Å². The van der Waals surface area contributed by atoms with Gasteiger partial charge in [-0.05, 0) is 42.9 Å². The largest absolute Gasteiger partial charge is 0.355 e. The van der Waals surface area contributed by atoms with Crippen molar-refractivity contribution in [2.75, 3.05) is 24.5 Å². The van der Waals surface area contributed by atoms with Crippen LogP contribution in [0.25, 0.3) is 0 Å². The Labute approximate surface area is 153 Å². The van der Waals surface area contributed by atoms with Crippen LogP contribution in [0.3, 0.4) is 0 Å². The van der Waals surface area contributed by atoms with Gasteiger partial charge in [-0.15, -0.1) is 0 Å². The van der Waals surface area contributed by atoms with Gasteiger partial charge in [0.05, 0.1) is 12.4 Å². The molecule has 25 heavy (non-hydrogen) atoms. The van der Waals surface area contributed by atoms with E-state index in [0.717, 1.165) is 36.8 Å². The van der Waals surface area contributed by atoms with Crippen LogP contribution in [0.15, 0.2) is 36.7 Å². The fourth-order valence-corrected chi connectivity index (χ4v) is 3.03. The van der Waals surface area contributed by atoms with Crippen LogP contribution < -0.4 is 10.2 Å². The van der Waals surface area contributed by atoms with Crippen LogP contribution in [-0.4, -0.2) is 35.5 Å². The summed E-state index contributed by atoms with van der Waals surface area (Å²) < 4.78 is 0. The van der Waals surface area contributed by atoms with Gasteiger partial charge in [0.2, 0.25) is 0 Å². The molecule has 0 radical (unpaired) electrons. The number of halogens is 1. The van der Waals surface area contributed by atoms with Gasteiger partial charge in [-0.1, -0.05) is 30.7 Å². The molecule has 2 aromatic rings. The molecule has 1 saturated heterocycles. The molecule has 1 aromatic carbocycles. The molecule has 1 aliphatic rings. The highest BCUT2D eigenvalue weighted by Crippen LogP contribution is 2.20. The molecule has 1 aromatic heterocycles. The molecule has 1 N–H and O–H groups in total. The summed E-state index contributed by atoms with van der Waals surface area (Å²) in [6.45, 7) is 4.83. The molecule has 2 heterocycles. The number of amides is 1. The monoisotopic (exact) mass is 358 g/mol. The smallest absolute Gasteiger partial charge is 0.271 e. The van der Waals surface area contributed by atoms with Gasteiger partial charge in [0.1, 0.15) is 11.5 Å². The summed E-state index contributed by atoms with van der Waals surface area (Å²) in [5, 5.41) is 3.59. The van der Waals surface area contributed by atoms with E-state index in [4.69, 9.17) is 11.6 Å². The number of nitrogens with zero attached hydrogens (tertiary/aromatic N) is 3. The SMILES string of the molecule is CC1CCN(c2cnc(C(=O)NCCc3ccc(Cl)cc3)cn2)CC1. The van der Waals surface area contributed by atoms with Crippen molar-refractivity contribution in [2.45, 2.75) is 26.2 Å². The zero-order valence-corrected chi connectivity index (χ0v) is 15.2. The van der Waals surface area contributed by atoms with E-state index in [2.05, 4.69) is 27.1 Å². The predicted molar refractivity (Wildman–Crippen MR) is 100 cm³/mol. The molecule has 0 unspecified atom stereocenters. The quantitative estimate of drug-likeness (QED) is 0.890. The molecule has 132 valence electrons. The first kappa shape index (κ1) is 17.7. The highest BCUT2D eigenvalue weighted by Gasteiger charge is 2.17. The Hall–Kier alpha value is -2.14. The maximum atomic E-state index is 12.2. The van der Waals surface area contributed by atoms with Crippen LogP contribution in [0.2, 0.25) is 5.02 Å². The molecule has 1 fully saturated rings. The first-order valence-corrected chi connectivity index (χ1v) is 9.09. The molecule has 6 heteroatoms. The zero-order chi connectivity index (χ0) is 17.6. The fraction of sp³-hybridized carbons (Fsp3) is 0.421. The first-order chi connectivity index (χ1) is 12.1. The van der Waals surface area contributed by atoms with Crippen LogP contribution in [0.1, 0.15) is 35.8 Å². The Balaban J connectivity index is 1.49. The third kappa shape index (κ3) is 4.92. The molecule has 3 rings (SSSR count). The third-order valence-electron chi connectivity index (χ3n) is 4.59. The second-order valence-electron chi connectivity index (χ2n) is 6.56. The summed E-state index contributed by atoms with van der Waals surface area (Å²) in [5.74, 6) is 1.43. The number of hydrogen-bond acceptors (Lipinski definition) is 4. The fourth-order valence-electron chi connectivity index (χ4n) is 2.90. The van der Waals surface area contributed by atoms with Crippen molar-refractivity contribution in [3.05, 3.63) is 52.9 Å². The lowest BCUT2D eigenvalue weighted by molar-refractivity contribution is 0.0949. The number of anilines is 1. The van der Waals surface area contributed by atoms with E-state index in [0.29, 0.717) is 17.3 Å². The van der Waals surface area contributed by atoms with Gasteiger partial charge >= 0.3 is 0 Å². The predicted octanol–water partition coefficient (Wildman–Crippen LogP) is 3.34. The lowest BCUT2D eigenvalue weighted by Crippen LogP contribution is -2.33. The van der Waals surface area contributed by atoms with Crippen molar-refractivity contribution >= 4 is 23.3 Å². The van der Waals surface area contributed by atoms with Gasteiger partial charge in [-0.25, -0.2) is 9.97 Å². The Bertz CT molecular complexity index is 694. The van der Waals surface area contributed by atoms with Crippen LogP contribution in [0, 0.1) is 5.92 Å². The zero-order valence-electron chi connectivity index (χ0n) is 14.4. The van der Waals surface area contributed by atoms with Crippen molar-refractivity contribution in [1.29, 1.82) is 0 Å². The number of aromatic nitrogens is 2. The number of carbonyl (C=O) groups is 1. The second-order valence-corrected chi connectivity index (χ2v) is 7.00. The van der Waals surface area contributed by atoms with E-state index in [1.165, 1.54) is 12.8 Å². The Morgan fingerprint density at radius 2 is 1.92 bits per heavy atom. The number of benzene rings is 1. The highest BCUT2D eigenvalue weighted by molar-refractivity contribution is 6.30. The summed E-state index contributed by atoms with van der Waals surface area (Å²) in [4.78, 5) is 23.1. The summed E-state index contributed by atoms with van der Waals surface area (Å²) in [6, 6.07) is 7.62. The maximum Gasteiger partial charge on any atom is 0.271 e. The number of piperidine rings is 1. The number of nitrogens with one attached hydrogen (secondary N) is 1. The van der Waals surface area contributed by atoms with Gasteiger partial charge in [0.25, 0.3) is 5.91 Å². The van der Waals surface area contributed by atoms with E-state index in [9.17, 15) is 4.79 Å². The van der Waals surface area contributed by atoms with Gasteiger partial charge in [-0.2, -0.15) is 0 Å². The van der Waals surface area contributed by atoms with E-state index < -0.39 is 0 Å². The maximum absolute atomic E-state index is 12.2. The minimum absolute atomic E-state index is 0.194. The van der Waals surface area contributed by atoms with Gasteiger partial charge in [0, 0.05) is 24.7 Å². The van der Waals surface area contributed by atoms with E-state index >= 15 is 0 Å². The number of carbonyl (C=O) groups excluding carboxylic acids is 1. The highest BCUT2D eigenvalue weighted by atomic mass is 35.5. The average molecular weight is 359 g/mol.